The summed E-state index contributed by atoms with van der Waals surface area (Å²) < 4.78 is 12.6. The molecule has 0 radical (unpaired) electrons. The van der Waals surface area contributed by atoms with Crippen LogP contribution in [0.4, 0.5) is 0 Å². The van der Waals surface area contributed by atoms with Crippen molar-refractivity contribution in [3.63, 3.8) is 0 Å². The third-order valence-electron chi connectivity index (χ3n) is 8.28. The molecule has 0 amide bonds. The second-order valence-electron chi connectivity index (χ2n) is 10.8. The Labute approximate surface area is 201 Å². The van der Waals surface area contributed by atoms with Crippen LogP contribution in [0.5, 0.6) is 0 Å². The van der Waals surface area contributed by atoms with E-state index < -0.39 is 41.4 Å². The van der Waals surface area contributed by atoms with Crippen LogP contribution in [0.3, 0.4) is 0 Å². The molecule has 3 atom stereocenters. The summed E-state index contributed by atoms with van der Waals surface area (Å²) in [7, 11) is -0.716. The van der Waals surface area contributed by atoms with E-state index in [1.807, 2.05) is 88.4 Å². The topological polar surface area (TPSA) is 74.2 Å². The van der Waals surface area contributed by atoms with E-state index in [9.17, 15) is 9.90 Å². The molecule has 7 heteroatoms. The zero-order chi connectivity index (χ0) is 24.2. The molecular weight excluding hydrogens is 431 g/mol. The number of Topliss-reactive ketones (excluding diaryl/α,β-unsaturated/α-hetero) is 1. The van der Waals surface area contributed by atoms with Gasteiger partial charge in [0.25, 0.3) is 0 Å². The van der Waals surface area contributed by atoms with Gasteiger partial charge in [-0.1, -0.05) is 60.7 Å². The maximum Gasteiger partial charge on any atom is 0.464 e. The van der Waals surface area contributed by atoms with Crippen molar-refractivity contribution in [2.45, 2.75) is 87.7 Å². The fourth-order valence-corrected chi connectivity index (χ4v) is 5.54. The van der Waals surface area contributed by atoms with Crippen molar-refractivity contribution in [3.05, 3.63) is 71.8 Å². The molecule has 180 valence electrons. The predicted molar refractivity (Wildman–Crippen MR) is 128 cm³/mol. The minimum atomic E-state index is -1.79. The zero-order valence-electron chi connectivity index (χ0n) is 20.3. The van der Waals surface area contributed by atoms with Gasteiger partial charge in [-0.15, -0.1) is 0 Å². The van der Waals surface area contributed by atoms with E-state index >= 15 is 0 Å². The molecule has 0 aromatic heterocycles. The first-order valence-corrected chi connectivity index (χ1v) is 12.2. The highest BCUT2D eigenvalue weighted by molar-refractivity contribution is 6.48. The molecule has 5 rings (SSSR count). The van der Waals surface area contributed by atoms with Crippen LogP contribution in [0.1, 0.15) is 64.5 Å². The normalized spacial score (nSPS) is 32.1. The third-order valence-corrected chi connectivity index (χ3v) is 8.28. The molecule has 2 aromatic rings. The highest BCUT2D eigenvalue weighted by Crippen LogP contribution is 2.53. The molecule has 1 aliphatic carbocycles. The molecule has 34 heavy (non-hydrogen) atoms. The lowest BCUT2D eigenvalue weighted by Gasteiger charge is -2.41. The highest BCUT2D eigenvalue weighted by atomic mass is 17.2. The van der Waals surface area contributed by atoms with Gasteiger partial charge in [0, 0.05) is 18.7 Å². The van der Waals surface area contributed by atoms with Crippen molar-refractivity contribution in [1.82, 2.24) is 0 Å². The van der Waals surface area contributed by atoms with Gasteiger partial charge in [0.15, 0.2) is 17.0 Å². The average molecular weight is 464 g/mol. The molecule has 3 fully saturated rings. The van der Waals surface area contributed by atoms with Gasteiger partial charge in [-0.2, -0.15) is 0 Å². The van der Waals surface area contributed by atoms with Crippen LogP contribution < -0.4 is 0 Å². The van der Waals surface area contributed by atoms with Crippen molar-refractivity contribution in [3.8, 4) is 0 Å². The van der Waals surface area contributed by atoms with E-state index in [1.54, 1.807) is 0 Å². The maximum atomic E-state index is 13.4. The molecule has 2 aromatic carbocycles. The van der Waals surface area contributed by atoms with Crippen LogP contribution in [-0.4, -0.2) is 40.9 Å². The van der Waals surface area contributed by atoms with Crippen molar-refractivity contribution in [1.29, 1.82) is 0 Å². The van der Waals surface area contributed by atoms with E-state index in [0.717, 1.165) is 11.1 Å². The van der Waals surface area contributed by atoms with Crippen LogP contribution in [0, 0.1) is 0 Å². The molecule has 2 heterocycles. The van der Waals surface area contributed by atoms with Crippen molar-refractivity contribution in [2.24, 2.45) is 0 Å². The summed E-state index contributed by atoms with van der Waals surface area (Å²) in [4.78, 5) is 25.4. The summed E-state index contributed by atoms with van der Waals surface area (Å²) in [6.07, 6.45) is 0.980. The predicted octanol–water partition coefficient (Wildman–Crippen LogP) is 4.60. The molecule has 3 aliphatic rings. The number of hydrogen-bond acceptors (Lipinski definition) is 6. The molecule has 0 unspecified atom stereocenters. The Balaban J connectivity index is 1.52. The van der Waals surface area contributed by atoms with Crippen molar-refractivity contribution in [2.75, 3.05) is 0 Å². The Morgan fingerprint density at radius 1 is 0.882 bits per heavy atom. The molecule has 2 saturated heterocycles. The minimum absolute atomic E-state index is 0.246. The third kappa shape index (κ3) is 3.57. The quantitative estimate of drug-likeness (QED) is 0.527. The van der Waals surface area contributed by atoms with Gasteiger partial charge in [-0.3, -0.25) is 4.79 Å². The lowest BCUT2D eigenvalue weighted by molar-refractivity contribution is -0.337. The van der Waals surface area contributed by atoms with E-state index in [0.29, 0.717) is 19.3 Å². The minimum Gasteiger partial charge on any atom is -0.403 e. The first-order chi connectivity index (χ1) is 16.1. The Kier molecular flexibility index (Phi) is 5.77. The van der Waals surface area contributed by atoms with E-state index in [4.69, 9.17) is 19.1 Å². The van der Waals surface area contributed by atoms with Gasteiger partial charge >= 0.3 is 7.12 Å². The van der Waals surface area contributed by atoms with Gasteiger partial charge in [0.05, 0.1) is 11.2 Å². The lowest BCUT2D eigenvalue weighted by atomic mass is 9.54. The first kappa shape index (κ1) is 23.7. The number of benzene rings is 2. The maximum absolute atomic E-state index is 13.4. The Morgan fingerprint density at radius 2 is 1.41 bits per heavy atom. The number of hydrogen-bond donors (Lipinski definition) is 1. The number of carbonyl (C=O) groups is 1. The second kappa shape index (κ2) is 8.28. The Morgan fingerprint density at radius 3 is 1.94 bits per heavy atom. The monoisotopic (exact) mass is 464 g/mol. The molecule has 1 saturated carbocycles. The van der Waals surface area contributed by atoms with Gasteiger partial charge in [0.1, 0.15) is 6.10 Å². The van der Waals surface area contributed by atoms with Crippen molar-refractivity contribution < 1.29 is 29.0 Å². The number of ketones is 1. The number of rotatable bonds is 4. The lowest BCUT2D eigenvalue weighted by Crippen LogP contribution is -2.59. The summed E-state index contributed by atoms with van der Waals surface area (Å²) >= 11 is 0. The largest absolute Gasteiger partial charge is 0.464 e. The summed E-state index contributed by atoms with van der Waals surface area (Å²) in [5, 5.41) is 12.1. The Hall–Kier alpha value is -2.03. The van der Waals surface area contributed by atoms with Crippen LogP contribution in [0.25, 0.3) is 0 Å². The van der Waals surface area contributed by atoms with E-state index in [1.165, 1.54) is 0 Å². The smallest absolute Gasteiger partial charge is 0.403 e. The van der Waals surface area contributed by atoms with E-state index in [2.05, 4.69) is 0 Å². The van der Waals surface area contributed by atoms with Crippen LogP contribution in [-0.2, 0) is 29.5 Å². The van der Waals surface area contributed by atoms with Crippen LogP contribution in [0.2, 0.25) is 5.82 Å². The zero-order valence-corrected chi connectivity index (χ0v) is 20.3. The summed E-state index contributed by atoms with van der Waals surface area (Å²) in [5.74, 6) is -0.810. The molecule has 2 aliphatic heterocycles. The van der Waals surface area contributed by atoms with Crippen LogP contribution in [0.15, 0.2) is 60.7 Å². The fraction of sp³-hybridized carbons (Fsp3) is 0.519. The number of aliphatic hydroxyl groups is 1. The SMILES string of the molecule is CC1(C)OB([C@H]2CCCC(=O)[C@@]2(O)[C@H]2CC(c3ccccc3)(c3ccccc3)OO2)OC1(C)C. The van der Waals surface area contributed by atoms with Crippen LogP contribution >= 0.6 is 0 Å². The van der Waals surface area contributed by atoms with Gasteiger partial charge in [-0.05, 0) is 51.7 Å². The van der Waals surface area contributed by atoms with E-state index in [-0.39, 0.29) is 12.2 Å². The molecule has 1 N–H and O–H groups in total. The second-order valence-corrected chi connectivity index (χ2v) is 10.8. The van der Waals surface area contributed by atoms with Gasteiger partial charge in [-0.25, -0.2) is 9.78 Å². The number of carbonyl (C=O) groups excluding carboxylic acids is 1. The molecule has 0 bridgehead atoms. The van der Waals surface area contributed by atoms with Crippen molar-refractivity contribution >= 4 is 12.9 Å². The first-order valence-electron chi connectivity index (χ1n) is 12.2. The highest BCUT2D eigenvalue weighted by Gasteiger charge is 2.66. The average Bonchev–Trinajstić information content (AvgIpc) is 3.37. The van der Waals surface area contributed by atoms with Gasteiger partial charge in [0.2, 0.25) is 0 Å². The Bertz CT molecular complexity index is 984. The standard InChI is InChI=1S/C27H33BO6/c1-24(2)25(3,4)33-28(32-24)21-16-11-17-22(29)27(21,30)23-18-26(34-31-23,19-12-7-5-8-13-19)20-14-9-6-10-15-20/h5-10,12-15,21,23,30H,11,16-18H2,1-4H3/t21-,23+,27+/m0/s1. The molecule has 0 spiro atoms. The molecular formula is C27H33BO6. The summed E-state index contributed by atoms with van der Waals surface area (Å²) in [5.41, 5.74) is -2.05. The van der Waals surface area contributed by atoms with Gasteiger partial charge < -0.3 is 14.4 Å². The summed E-state index contributed by atoms with van der Waals surface area (Å²) in [6, 6.07) is 19.6. The fourth-order valence-electron chi connectivity index (χ4n) is 5.54. The summed E-state index contributed by atoms with van der Waals surface area (Å²) in [6.45, 7) is 7.90. The molecule has 6 nitrogen and oxygen atoms in total.